The average molecular weight is 223 g/mol. The van der Waals surface area contributed by atoms with E-state index in [1.54, 1.807) is 11.3 Å². The fourth-order valence-electron chi connectivity index (χ4n) is 1.08. The van der Waals surface area contributed by atoms with Crippen LogP contribution < -0.4 is 5.32 Å². The maximum Gasteiger partial charge on any atom is 0.266 e. The first-order valence-electron chi connectivity index (χ1n) is 4.17. The SMILES string of the molecule is Cc1ccc(NC(=O)c2cccs2)s1. The highest BCUT2D eigenvalue weighted by Gasteiger charge is 2.07. The van der Waals surface area contributed by atoms with E-state index >= 15 is 0 Å². The number of anilines is 1. The van der Waals surface area contributed by atoms with Crippen LogP contribution in [0.5, 0.6) is 0 Å². The molecule has 1 amide bonds. The van der Waals surface area contributed by atoms with Gasteiger partial charge in [-0.05, 0) is 30.5 Å². The molecule has 0 unspecified atom stereocenters. The average Bonchev–Trinajstić information content (AvgIpc) is 2.75. The molecule has 1 N–H and O–H groups in total. The second-order valence-electron chi connectivity index (χ2n) is 2.84. The van der Waals surface area contributed by atoms with Crippen LogP contribution >= 0.6 is 22.7 Å². The second-order valence-corrected chi connectivity index (χ2v) is 5.08. The minimum absolute atomic E-state index is 0.0261. The molecule has 0 aliphatic heterocycles. The van der Waals surface area contributed by atoms with Crippen molar-refractivity contribution in [3.8, 4) is 0 Å². The summed E-state index contributed by atoms with van der Waals surface area (Å²) in [6.07, 6.45) is 0. The van der Waals surface area contributed by atoms with Gasteiger partial charge in [0.05, 0.1) is 9.88 Å². The van der Waals surface area contributed by atoms with Crippen molar-refractivity contribution in [2.75, 3.05) is 5.32 Å². The quantitative estimate of drug-likeness (QED) is 0.831. The van der Waals surface area contributed by atoms with Crippen LogP contribution in [0.3, 0.4) is 0 Å². The molecule has 4 heteroatoms. The molecule has 2 aromatic rings. The fourth-order valence-corrected chi connectivity index (χ4v) is 2.46. The third-order valence-corrected chi connectivity index (χ3v) is 3.51. The van der Waals surface area contributed by atoms with Gasteiger partial charge < -0.3 is 5.32 Å². The molecule has 0 aliphatic carbocycles. The Bertz CT molecular complexity index is 431. The first-order valence-corrected chi connectivity index (χ1v) is 5.86. The van der Waals surface area contributed by atoms with Crippen molar-refractivity contribution in [2.45, 2.75) is 6.92 Å². The normalized spacial score (nSPS) is 10.1. The summed E-state index contributed by atoms with van der Waals surface area (Å²) in [6, 6.07) is 7.61. The van der Waals surface area contributed by atoms with Crippen molar-refractivity contribution in [3.63, 3.8) is 0 Å². The van der Waals surface area contributed by atoms with E-state index in [4.69, 9.17) is 0 Å². The number of amides is 1. The van der Waals surface area contributed by atoms with Crippen LogP contribution in [0.25, 0.3) is 0 Å². The molecule has 2 nitrogen and oxygen atoms in total. The minimum atomic E-state index is -0.0261. The molecule has 2 heterocycles. The first kappa shape index (κ1) is 9.43. The Morgan fingerprint density at radius 3 is 2.79 bits per heavy atom. The van der Waals surface area contributed by atoms with Crippen LogP contribution in [0.2, 0.25) is 0 Å². The van der Waals surface area contributed by atoms with Crippen molar-refractivity contribution < 1.29 is 4.79 Å². The summed E-state index contributed by atoms with van der Waals surface area (Å²) in [4.78, 5) is 13.5. The molecule has 0 radical (unpaired) electrons. The number of hydrogen-bond donors (Lipinski definition) is 1. The lowest BCUT2D eigenvalue weighted by molar-refractivity contribution is 0.103. The molecule has 0 spiro atoms. The smallest absolute Gasteiger partial charge is 0.266 e. The molecule has 2 aromatic heterocycles. The van der Waals surface area contributed by atoms with Gasteiger partial charge in [0.15, 0.2) is 0 Å². The monoisotopic (exact) mass is 223 g/mol. The molecule has 0 fully saturated rings. The lowest BCUT2D eigenvalue weighted by Gasteiger charge is -1.98. The van der Waals surface area contributed by atoms with E-state index in [-0.39, 0.29) is 5.91 Å². The van der Waals surface area contributed by atoms with Gasteiger partial charge in [-0.15, -0.1) is 22.7 Å². The fraction of sp³-hybridized carbons (Fsp3) is 0.100. The van der Waals surface area contributed by atoms with Crippen LogP contribution in [-0.4, -0.2) is 5.91 Å². The highest BCUT2D eigenvalue weighted by Crippen LogP contribution is 2.21. The Kier molecular flexibility index (Phi) is 2.65. The molecule has 0 atom stereocenters. The number of rotatable bonds is 2. The van der Waals surface area contributed by atoms with E-state index in [2.05, 4.69) is 5.32 Å². The Morgan fingerprint density at radius 2 is 2.21 bits per heavy atom. The van der Waals surface area contributed by atoms with E-state index in [9.17, 15) is 4.79 Å². The number of nitrogens with one attached hydrogen (secondary N) is 1. The topological polar surface area (TPSA) is 29.1 Å². The molecular formula is C10H9NOS2. The molecule has 72 valence electrons. The molecule has 0 bridgehead atoms. The highest BCUT2D eigenvalue weighted by atomic mass is 32.1. The molecule has 0 saturated carbocycles. The van der Waals surface area contributed by atoms with E-state index in [1.165, 1.54) is 16.2 Å². The molecule has 14 heavy (non-hydrogen) atoms. The highest BCUT2D eigenvalue weighted by molar-refractivity contribution is 7.16. The second kappa shape index (κ2) is 3.94. The van der Waals surface area contributed by atoms with Crippen molar-refractivity contribution in [1.29, 1.82) is 0 Å². The van der Waals surface area contributed by atoms with Crippen molar-refractivity contribution >= 4 is 33.6 Å². The van der Waals surface area contributed by atoms with Crippen LogP contribution in [0.15, 0.2) is 29.6 Å². The predicted octanol–water partition coefficient (Wildman–Crippen LogP) is 3.37. The largest absolute Gasteiger partial charge is 0.313 e. The summed E-state index contributed by atoms with van der Waals surface area (Å²) in [5.41, 5.74) is 0. The molecule has 0 aliphatic rings. The lowest BCUT2D eigenvalue weighted by Crippen LogP contribution is -2.08. The van der Waals surface area contributed by atoms with Gasteiger partial charge in [0.1, 0.15) is 0 Å². The Hall–Kier alpha value is -1.13. The van der Waals surface area contributed by atoms with E-state index in [0.29, 0.717) is 0 Å². The summed E-state index contributed by atoms with van der Waals surface area (Å²) in [5.74, 6) is -0.0261. The van der Waals surface area contributed by atoms with Gasteiger partial charge in [-0.3, -0.25) is 4.79 Å². The Morgan fingerprint density at radius 1 is 1.36 bits per heavy atom. The maximum absolute atomic E-state index is 11.6. The maximum atomic E-state index is 11.6. The number of hydrogen-bond acceptors (Lipinski definition) is 3. The van der Waals surface area contributed by atoms with E-state index in [0.717, 1.165) is 9.88 Å². The standard InChI is InChI=1S/C10H9NOS2/c1-7-4-5-9(14-7)11-10(12)8-3-2-6-13-8/h2-6H,1H3,(H,11,12). The Balaban J connectivity index is 2.09. The third-order valence-electron chi connectivity index (χ3n) is 1.72. The zero-order valence-corrected chi connectivity index (χ0v) is 9.24. The number of thiophene rings is 2. The summed E-state index contributed by atoms with van der Waals surface area (Å²) in [6.45, 7) is 2.02. The summed E-state index contributed by atoms with van der Waals surface area (Å²) in [7, 11) is 0. The first-order chi connectivity index (χ1) is 6.75. The van der Waals surface area contributed by atoms with Gasteiger partial charge >= 0.3 is 0 Å². The van der Waals surface area contributed by atoms with Crippen molar-refractivity contribution in [3.05, 3.63) is 39.4 Å². The molecule has 2 rings (SSSR count). The third kappa shape index (κ3) is 2.02. The molecular weight excluding hydrogens is 214 g/mol. The van der Waals surface area contributed by atoms with Crippen molar-refractivity contribution in [2.24, 2.45) is 0 Å². The van der Waals surface area contributed by atoms with Crippen LogP contribution in [0.4, 0.5) is 5.00 Å². The number of aryl methyl sites for hydroxylation is 1. The van der Waals surface area contributed by atoms with Crippen molar-refractivity contribution in [1.82, 2.24) is 0 Å². The zero-order chi connectivity index (χ0) is 9.97. The number of carbonyl (C=O) groups is 1. The summed E-state index contributed by atoms with van der Waals surface area (Å²) in [5, 5.41) is 5.66. The van der Waals surface area contributed by atoms with Gasteiger partial charge in [-0.25, -0.2) is 0 Å². The summed E-state index contributed by atoms with van der Waals surface area (Å²) >= 11 is 3.04. The lowest BCUT2D eigenvalue weighted by atomic mass is 10.4. The summed E-state index contributed by atoms with van der Waals surface area (Å²) < 4.78 is 0. The van der Waals surface area contributed by atoms with E-state index in [1.807, 2.05) is 36.6 Å². The molecule has 0 saturated heterocycles. The Labute approximate surface area is 90.2 Å². The van der Waals surface area contributed by atoms with Gasteiger partial charge in [0.2, 0.25) is 0 Å². The van der Waals surface area contributed by atoms with Gasteiger partial charge in [-0.1, -0.05) is 6.07 Å². The van der Waals surface area contributed by atoms with Crippen LogP contribution in [-0.2, 0) is 0 Å². The van der Waals surface area contributed by atoms with E-state index < -0.39 is 0 Å². The van der Waals surface area contributed by atoms with Gasteiger partial charge in [0.25, 0.3) is 5.91 Å². The molecule has 0 aromatic carbocycles. The van der Waals surface area contributed by atoms with Crippen LogP contribution in [0.1, 0.15) is 14.5 Å². The van der Waals surface area contributed by atoms with Gasteiger partial charge in [-0.2, -0.15) is 0 Å². The van der Waals surface area contributed by atoms with Crippen LogP contribution in [0, 0.1) is 6.92 Å². The number of carbonyl (C=O) groups excluding carboxylic acids is 1. The minimum Gasteiger partial charge on any atom is -0.313 e. The predicted molar refractivity (Wildman–Crippen MR) is 61.3 cm³/mol. The zero-order valence-electron chi connectivity index (χ0n) is 7.61. The van der Waals surface area contributed by atoms with Gasteiger partial charge in [0, 0.05) is 4.88 Å².